The van der Waals surface area contributed by atoms with Crippen LogP contribution in [0.3, 0.4) is 0 Å². The Morgan fingerprint density at radius 3 is 2.61 bits per heavy atom. The van der Waals surface area contributed by atoms with Crippen molar-refractivity contribution in [3.05, 3.63) is 28.8 Å². The second-order valence-electron chi connectivity index (χ2n) is 3.73. The van der Waals surface area contributed by atoms with Crippen molar-refractivity contribution in [1.82, 2.24) is 10.2 Å². The van der Waals surface area contributed by atoms with Crippen LogP contribution in [-0.4, -0.2) is 36.9 Å². The van der Waals surface area contributed by atoms with Gasteiger partial charge in [0.05, 0.1) is 17.1 Å². The highest BCUT2D eigenvalue weighted by Gasteiger charge is 2.19. The Balaban J connectivity index is 2.93. The lowest BCUT2D eigenvalue weighted by atomic mass is 10.1. The highest BCUT2D eigenvalue weighted by atomic mass is 35.5. The summed E-state index contributed by atoms with van der Waals surface area (Å²) in [6, 6.07) is 4.68. The van der Waals surface area contributed by atoms with E-state index in [1.165, 1.54) is 18.0 Å². The minimum Gasteiger partial charge on any atom is -0.399 e. The van der Waals surface area contributed by atoms with Gasteiger partial charge in [0.1, 0.15) is 0 Å². The number of nitrogen functional groups attached to an aromatic ring is 1. The minimum atomic E-state index is -0.286. The number of halogens is 1. The van der Waals surface area contributed by atoms with E-state index in [0.29, 0.717) is 17.8 Å². The van der Waals surface area contributed by atoms with Crippen LogP contribution >= 0.6 is 11.6 Å². The van der Waals surface area contributed by atoms with Gasteiger partial charge in [0.2, 0.25) is 5.91 Å². The summed E-state index contributed by atoms with van der Waals surface area (Å²) in [5, 5.41) is 2.76. The van der Waals surface area contributed by atoms with Gasteiger partial charge in [0.25, 0.3) is 5.91 Å². The number of nitrogens with one attached hydrogen (secondary N) is 1. The highest BCUT2D eigenvalue weighted by Crippen LogP contribution is 2.20. The molecule has 6 heteroatoms. The fourth-order valence-corrected chi connectivity index (χ4v) is 1.72. The standard InChI is InChI=1S/C12H16ClN3O2/c1-3-16(7-11(17)15-2)12(18)9-5-4-8(14)6-10(9)13/h4-6H,3,7,14H2,1-2H3,(H,15,17). The van der Waals surface area contributed by atoms with Gasteiger partial charge in [-0.25, -0.2) is 0 Å². The number of carbonyl (C=O) groups excluding carboxylic acids is 2. The highest BCUT2D eigenvalue weighted by molar-refractivity contribution is 6.34. The average molecular weight is 270 g/mol. The molecule has 0 spiro atoms. The Labute approximate surface area is 111 Å². The van der Waals surface area contributed by atoms with E-state index in [1.54, 1.807) is 19.1 Å². The maximum atomic E-state index is 12.2. The first-order valence-corrected chi connectivity index (χ1v) is 5.92. The van der Waals surface area contributed by atoms with Crippen LogP contribution in [0.15, 0.2) is 18.2 Å². The second kappa shape index (κ2) is 6.26. The molecule has 3 N–H and O–H groups in total. The van der Waals surface area contributed by atoms with E-state index in [9.17, 15) is 9.59 Å². The number of carbonyl (C=O) groups is 2. The molecule has 0 unspecified atom stereocenters. The molecule has 0 saturated heterocycles. The molecule has 0 fully saturated rings. The lowest BCUT2D eigenvalue weighted by Gasteiger charge is -2.20. The molecule has 0 atom stereocenters. The van der Waals surface area contributed by atoms with E-state index in [1.807, 2.05) is 0 Å². The van der Waals surface area contributed by atoms with E-state index in [0.717, 1.165) is 0 Å². The van der Waals surface area contributed by atoms with Crippen molar-refractivity contribution < 1.29 is 9.59 Å². The first-order chi connectivity index (χ1) is 8.49. The fourth-order valence-electron chi connectivity index (χ4n) is 1.45. The monoisotopic (exact) mass is 269 g/mol. The van der Waals surface area contributed by atoms with Crippen molar-refractivity contribution in [1.29, 1.82) is 0 Å². The number of likely N-dealkylation sites (N-methyl/N-ethyl adjacent to an activating group) is 2. The molecule has 2 amide bonds. The molecule has 0 bridgehead atoms. The largest absolute Gasteiger partial charge is 0.399 e. The van der Waals surface area contributed by atoms with Gasteiger partial charge in [0.15, 0.2) is 0 Å². The predicted molar refractivity (Wildman–Crippen MR) is 71.5 cm³/mol. The molecular formula is C12H16ClN3O2. The molecule has 0 aliphatic carbocycles. The Bertz CT molecular complexity index is 463. The van der Waals surface area contributed by atoms with Crippen LogP contribution in [-0.2, 0) is 4.79 Å². The molecule has 5 nitrogen and oxygen atoms in total. The summed E-state index contributed by atoms with van der Waals surface area (Å²) in [6.45, 7) is 2.23. The molecule has 0 aromatic heterocycles. The fraction of sp³-hybridized carbons (Fsp3) is 0.333. The van der Waals surface area contributed by atoms with E-state index < -0.39 is 0 Å². The third-order valence-corrected chi connectivity index (χ3v) is 2.82. The van der Waals surface area contributed by atoms with Crippen molar-refractivity contribution in [2.45, 2.75) is 6.92 Å². The molecule has 1 rings (SSSR count). The number of hydrogen-bond acceptors (Lipinski definition) is 3. The Hall–Kier alpha value is -1.75. The van der Waals surface area contributed by atoms with Gasteiger partial charge >= 0.3 is 0 Å². The Kier molecular flexibility index (Phi) is 4.97. The molecule has 98 valence electrons. The number of amides is 2. The summed E-state index contributed by atoms with van der Waals surface area (Å²) < 4.78 is 0. The summed E-state index contributed by atoms with van der Waals surface area (Å²) in [5.41, 5.74) is 6.40. The minimum absolute atomic E-state index is 0.00649. The molecule has 1 aromatic rings. The van der Waals surface area contributed by atoms with Gasteiger partial charge < -0.3 is 16.0 Å². The van der Waals surface area contributed by atoms with E-state index >= 15 is 0 Å². The predicted octanol–water partition coefficient (Wildman–Crippen LogP) is 1.13. The maximum absolute atomic E-state index is 12.2. The van der Waals surface area contributed by atoms with Gasteiger partial charge in [-0.2, -0.15) is 0 Å². The van der Waals surface area contributed by atoms with Crippen LogP contribution in [0.4, 0.5) is 5.69 Å². The molecule has 18 heavy (non-hydrogen) atoms. The van der Waals surface area contributed by atoms with Crippen molar-refractivity contribution in [2.75, 3.05) is 25.9 Å². The lowest BCUT2D eigenvalue weighted by Crippen LogP contribution is -2.39. The average Bonchev–Trinajstić information content (AvgIpc) is 2.34. The quantitative estimate of drug-likeness (QED) is 0.805. The van der Waals surface area contributed by atoms with Gasteiger partial charge in [-0.1, -0.05) is 11.6 Å². The van der Waals surface area contributed by atoms with Crippen LogP contribution < -0.4 is 11.1 Å². The number of benzene rings is 1. The van der Waals surface area contributed by atoms with Crippen molar-refractivity contribution in [2.24, 2.45) is 0 Å². The zero-order valence-corrected chi connectivity index (χ0v) is 11.1. The zero-order valence-electron chi connectivity index (χ0n) is 10.4. The van der Waals surface area contributed by atoms with E-state index in [-0.39, 0.29) is 23.4 Å². The molecule has 0 radical (unpaired) electrons. The van der Waals surface area contributed by atoms with Crippen LogP contribution in [0.2, 0.25) is 5.02 Å². The number of rotatable bonds is 4. The van der Waals surface area contributed by atoms with Gasteiger partial charge in [-0.15, -0.1) is 0 Å². The molecular weight excluding hydrogens is 254 g/mol. The number of anilines is 1. The summed E-state index contributed by atoms with van der Waals surface area (Å²) in [4.78, 5) is 24.9. The van der Waals surface area contributed by atoms with Crippen LogP contribution in [0, 0.1) is 0 Å². The summed E-state index contributed by atoms with van der Waals surface area (Å²) in [6.07, 6.45) is 0. The summed E-state index contributed by atoms with van der Waals surface area (Å²) in [7, 11) is 1.52. The lowest BCUT2D eigenvalue weighted by molar-refractivity contribution is -0.121. The van der Waals surface area contributed by atoms with Crippen molar-refractivity contribution in [3.63, 3.8) is 0 Å². The van der Waals surface area contributed by atoms with Gasteiger partial charge in [0, 0.05) is 19.3 Å². The van der Waals surface area contributed by atoms with Crippen molar-refractivity contribution in [3.8, 4) is 0 Å². The molecule has 1 aromatic carbocycles. The summed E-state index contributed by atoms with van der Waals surface area (Å²) >= 11 is 5.97. The SMILES string of the molecule is CCN(CC(=O)NC)C(=O)c1ccc(N)cc1Cl. The summed E-state index contributed by atoms with van der Waals surface area (Å²) in [5.74, 6) is -0.511. The topological polar surface area (TPSA) is 75.4 Å². The smallest absolute Gasteiger partial charge is 0.255 e. The number of hydrogen-bond donors (Lipinski definition) is 2. The van der Waals surface area contributed by atoms with Crippen LogP contribution in [0.1, 0.15) is 17.3 Å². The molecule has 0 heterocycles. The molecule has 0 aliphatic heterocycles. The van der Waals surface area contributed by atoms with Crippen LogP contribution in [0.25, 0.3) is 0 Å². The number of nitrogens with two attached hydrogens (primary N) is 1. The third kappa shape index (κ3) is 3.37. The van der Waals surface area contributed by atoms with Crippen LogP contribution in [0.5, 0.6) is 0 Å². The second-order valence-corrected chi connectivity index (χ2v) is 4.14. The van der Waals surface area contributed by atoms with E-state index in [4.69, 9.17) is 17.3 Å². The first kappa shape index (κ1) is 14.3. The Morgan fingerprint density at radius 2 is 2.11 bits per heavy atom. The Morgan fingerprint density at radius 1 is 1.44 bits per heavy atom. The normalized spacial score (nSPS) is 9.94. The third-order valence-electron chi connectivity index (χ3n) is 2.51. The van der Waals surface area contributed by atoms with Gasteiger partial charge in [-0.3, -0.25) is 9.59 Å². The number of nitrogens with zero attached hydrogens (tertiary/aromatic N) is 1. The van der Waals surface area contributed by atoms with E-state index in [2.05, 4.69) is 5.32 Å². The molecule has 0 aliphatic rings. The maximum Gasteiger partial charge on any atom is 0.255 e. The first-order valence-electron chi connectivity index (χ1n) is 5.54. The van der Waals surface area contributed by atoms with Crippen molar-refractivity contribution >= 4 is 29.1 Å². The zero-order chi connectivity index (χ0) is 13.7. The molecule has 0 saturated carbocycles. The van der Waals surface area contributed by atoms with Gasteiger partial charge in [-0.05, 0) is 25.1 Å².